The van der Waals surface area contributed by atoms with Crippen LogP contribution in [0.2, 0.25) is 0 Å². The highest BCUT2D eigenvalue weighted by Gasteiger charge is 2.19. The van der Waals surface area contributed by atoms with E-state index >= 15 is 0 Å². The van der Waals surface area contributed by atoms with Crippen molar-refractivity contribution < 1.29 is 18.7 Å². The third-order valence-electron chi connectivity index (χ3n) is 3.25. The van der Waals surface area contributed by atoms with E-state index in [4.69, 9.17) is 13.9 Å². The van der Waals surface area contributed by atoms with Crippen LogP contribution in [0.15, 0.2) is 40.1 Å². The Kier molecular flexibility index (Phi) is 4.76. The van der Waals surface area contributed by atoms with Gasteiger partial charge in [-0.2, -0.15) is 0 Å². The molecule has 1 aromatic carbocycles. The van der Waals surface area contributed by atoms with Crippen LogP contribution in [0.4, 0.5) is 0 Å². The fourth-order valence-electron chi connectivity index (χ4n) is 2.14. The molecule has 8 heteroatoms. The molecule has 7 nitrogen and oxygen atoms in total. The van der Waals surface area contributed by atoms with Gasteiger partial charge in [0.15, 0.2) is 0 Å². The van der Waals surface area contributed by atoms with Crippen LogP contribution in [0, 0.1) is 0 Å². The van der Waals surface area contributed by atoms with Crippen LogP contribution in [0.3, 0.4) is 0 Å². The number of thiophene rings is 1. The maximum absolute atomic E-state index is 12.5. The van der Waals surface area contributed by atoms with Gasteiger partial charge in [0.25, 0.3) is 11.8 Å². The molecule has 0 aliphatic carbocycles. The molecular formula is C16H15N3O4S. The first-order valence-electron chi connectivity index (χ1n) is 7.08. The number of aromatic nitrogens is 2. The van der Waals surface area contributed by atoms with Crippen molar-refractivity contribution in [3.8, 4) is 22.3 Å². The monoisotopic (exact) mass is 345 g/mol. The summed E-state index contributed by atoms with van der Waals surface area (Å²) in [5, 5.41) is 12.6. The van der Waals surface area contributed by atoms with Crippen LogP contribution < -0.4 is 14.8 Å². The van der Waals surface area contributed by atoms with Gasteiger partial charge in [0.05, 0.1) is 25.6 Å². The second-order valence-corrected chi connectivity index (χ2v) is 5.65. The van der Waals surface area contributed by atoms with Gasteiger partial charge in [0.2, 0.25) is 5.89 Å². The summed E-state index contributed by atoms with van der Waals surface area (Å²) in [6.07, 6.45) is 0. The highest BCUT2D eigenvalue weighted by molar-refractivity contribution is 7.13. The lowest BCUT2D eigenvalue weighted by Gasteiger charge is -2.12. The molecule has 24 heavy (non-hydrogen) atoms. The van der Waals surface area contributed by atoms with Crippen molar-refractivity contribution in [2.45, 2.75) is 6.54 Å². The molecule has 2 heterocycles. The molecule has 124 valence electrons. The molecule has 0 unspecified atom stereocenters. The second-order valence-electron chi connectivity index (χ2n) is 4.70. The maximum Gasteiger partial charge on any atom is 0.259 e. The summed E-state index contributed by atoms with van der Waals surface area (Å²) in [7, 11) is 2.99. The summed E-state index contributed by atoms with van der Waals surface area (Å²) in [5.41, 5.74) is 0.320. The molecule has 0 saturated heterocycles. The highest BCUT2D eigenvalue weighted by Crippen LogP contribution is 2.28. The minimum atomic E-state index is -0.347. The van der Waals surface area contributed by atoms with Crippen LogP contribution in [-0.2, 0) is 6.54 Å². The van der Waals surface area contributed by atoms with Crippen molar-refractivity contribution in [1.82, 2.24) is 15.5 Å². The number of methoxy groups -OCH3 is 2. The molecule has 0 aliphatic heterocycles. The average Bonchev–Trinajstić information content (AvgIpc) is 3.29. The van der Waals surface area contributed by atoms with Gasteiger partial charge in [-0.05, 0) is 23.6 Å². The molecule has 0 aliphatic rings. The first-order chi connectivity index (χ1) is 11.7. The summed E-state index contributed by atoms with van der Waals surface area (Å²) < 4.78 is 16.0. The third-order valence-corrected chi connectivity index (χ3v) is 4.11. The van der Waals surface area contributed by atoms with Gasteiger partial charge in [-0.15, -0.1) is 21.5 Å². The largest absolute Gasteiger partial charge is 0.496 e. The number of hydrogen-bond acceptors (Lipinski definition) is 7. The van der Waals surface area contributed by atoms with Crippen molar-refractivity contribution in [2.75, 3.05) is 14.2 Å². The van der Waals surface area contributed by atoms with Gasteiger partial charge in [-0.3, -0.25) is 4.79 Å². The van der Waals surface area contributed by atoms with E-state index in [0.29, 0.717) is 28.8 Å². The van der Waals surface area contributed by atoms with Gasteiger partial charge in [-0.1, -0.05) is 12.1 Å². The molecule has 3 aromatic rings. The molecule has 2 aromatic heterocycles. The summed E-state index contributed by atoms with van der Waals surface area (Å²) in [4.78, 5) is 13.3. The molecule has 0 saturated carbocycles. The zero-order valence-electron chi connectivity index (χ0n) is 13.1. The molecule has 0 radical (unpaired) electrons. The number of rotatable bonds is 6. The van der Waals surface area contributed by atoms with E-state index in [2.05, 4.69) is 15.5 Å². The number of benzene rings is 1. The summed E-state index contributed by atoms with van der Waals surface area (Å²) in [6, 6.07) is 8.93. The molecule has 0 atom stereocenters. The first-order valence-corrected chi connectivity index (χ1v) is 7.96. The summed E-state index contributed by atoms with van der Waals surface area (Å²) >= 11 is 1.50. The maximum atomic E-state index is 12.5. The molecule has 0 bridgehead atoms. The van der Waals surface area contributed by atoms with Crippen molar-refractivity contribution in [2.24, 2.45) is 0 Å². The van der Waals surface area contributed by atoms with E-state index in [0.717, 1.165) is 4.88 Å². The van der Waals surface area contributed by atoms with E-state index in [-0.39, 0.29) is 12.5 Å². The Balaban J connectivity index is 1.72. The Labute approximate surface area is 142 Å². The normalized spacial score (nSPS) is 10.4. The smallest absolute Gasteiger partial charge is 0.259 e. The van der Waals surface area contributed by atoms with E-state index in [1.807, 2.05) is 17.5 Å². The summed E-state index contributed by atoms with van der Waals surface area (Å²) in [5.74, 6) is 1.26. The first kappa shape index (κ1) is 16.0. The number of hydrogen-bond donors (Lipinski definition) is 1. The Morgan fingerprint density at radius 3 is 2.54 bits per heavy atom. The predicted octanol–water partition coefficient (Wildman–Crippen LogP) is 2.75. The number of nitrogens with zero attached hydrogens (tertiary/aromatic N) is 2. The van der Waals surface area contributed by atoms with Crippen molar-refractivity contribution in [1.29, 1.82) is 0 Å². The number of nitrogens with one attached hydrogen (secondary N) is 1. The Bertz CT molecular complexity index is 807. The number of carbonyl (C=O) groups excluding carboxylic acids is 1. The molecule has 1 amide bonds. The predicted molar refractivity (Wildman–Crippen MR) is 88.3 cm³/mol. The standard InChI is InChI=1S/C16H15N3O4S/c1-21-10-5-3-6-11(22-2)14(10)15(20)17-9-13-18-19-16(23-13)12-7-4-8-24-12/h3-8H,9H2,1-2H3,(H,17,20). The molecular weight excluding hydrogens is 330 g/mol. The van der Waals surface area contributed by atoms with Crippen LogP contribution in [-0.4, -0.2) is 30.3 Å². The van der Waals surface area contributed by atoms with Crippen molar-refractivity contribution >= 4 is 17.2 Å². The van der Waals surface area contributed by atoms with Crippen LogP contribution in [0.25, 0.3) is 10.8 Å². The minimum absolute atomic E-state index is 0.110. The fraction of sp³-hybridized carbons (Fsp3) is 0.188. The highest BCUT2D eigenvalue weighted by atomic mass is 32.1. The molecule has 3 rings (SSSR count). The number of amides is 1. The second kappa shape index (κ2) is 7.14. The quantitative estimate of drug-likeness (QED) is 0.739. The van der Waals surface area contributed by atoms with Gasteiger partial charge >= 0.3 is 0 Å². The zero-order valence-corrected chi connectivity index (χ0v) is 13.9. The topological polar surface area (TPSA) is 86.5 Å². The van der Waals surface area contributed by atoms with Gasteiger partial charge in [0.1, 0.15) is 17.1 Å². The SMILES string of the molecule is COc1cccc(OC)c1C(=O)NCc1nnc(-c2cccs2)o1. The third kappa shape index (κ3) is 3.23. The van der Waals surface area contributed by atoms with Crippen LogP contribution in [0.5, 0.6) is 11.5 Å². The molecule has 0 fully saturated rings. The lowest BCUT2D eigenvalue weighted by molar-refractivity contribution is 0.0941. The van der Waals surface area contributed by atoms with E-state index in [9.17, 15) is 4.79 Å². The minimum Gasteiger partial charge on any atom is -0.496 e. The number of ether oxygens (including phenoxy) is 2. The van der Waals surface area contributed by atoms with E-state index < -0.39 is 0 Å². The molecule has 1 N–H and O–H groups in total. The lowest BCUT2D eigenvalue weighted by Crippen LogP contribution is -2.24. The molecule has 0 spiro atoms. The van der Waals surface area contributed by atoms with Gasteiger partial charge in [0, 0.05) is 0 Å². The number of carbonyl (C=O) groups is 1. The average molecular weight is 345 g/mol. The van der Waals surface area contributed by atoms with E-state index in [1.165, 1.54) is 25.6 Å². The van der Waals surface area contributed by atoms with Gasteiger partial charge in [-0.25, -0.2) is 0 Å². The van der Waals surface area contributed by atoms with Crippen LogP contribution in [0.1, 0.15) is 16.2 Å². The Morgan fingerprint density at radius 1 is 1.17 bits per heavy atom. The Hall–Kier alpha value is -2.87. The van der Waals surface area contributed by atoms with E-state index in [1.54, 1.807) is 18.2 Å². The lowest BCUT2D eigenvalue weighted by atomic mass is 10.1. The van der Waals surface area contributed by atoms with Gasteiger partial charge < -0.3 is 19.2 Å². The zero-order chi connectivity index (χ0) is 16.9. The van der Waals surface area contributed by atoms with Crippen molar-refractivity contribution in [3.63, 3.8) is 0 Å². The van der Waals surface area contributed by atoms with Crippen LogP contribution >= 0.6 is 11.3 Å². The Morgan fingerprint density at radius 2 is 1.92 bits per heavy atom. The summed E-state index contributed by atoms with van der Waals surface area (Å²) in [6.45, 7) is 0.110. The van der Waals surface area contributed by atoms with Crippen molar-refractivity contribution in [3.05, 3.63) is 47.2 Å². The fourth-order valence-corrected chi connectivity index (χ4v) is 2.79.